The number of carbonyl (C=O) groups excluding carboxylic acids is 2. The van der Waals surface area contributed by atoms with Crippen molar-refractivity contribution in [3.63, 3.8) is 0 Å². The Bertz CT molecular complexity index is 445. The number of carbonyl (C=O) groups is 2. The van der Waals surface area contributed by atoms with Gasteiger partial charge in [-0.05, 0) is 20.5 Å². The van der Waals surface area contributed by atoms with E-state index in [9.17, 15) is 14.7 Å². The van der Waals surface area contributed by atoms with E-state index in [4.69, 9.17) is 22.1 Å². The molecule has 6 nitrogen and oxygen atoms in total. The average Bonchev–Trinajstić information content (AvgIpc) is 2.64. The third-order valence-corrected chi connectivity index (χ3v) is 5.43. The highest BCUT2D eigenvalue weighted by atomic mass is 35.5. The molecule has 172 valence electrons. The number of ether oxygens (including phenoxy) is 1. The van der Waals surface area contributed by atoms with Gasteiger partial charge in [-0.2, -0.15) is 0 Å². The molecule has 0 rings (SSSR count). The summed E-state index contributed by atoms with van der Waals surface area (Å²) in [5.41, 5.74) is 5.64. The number of alkyl halides is 1. The van der Waals surface area contributed by atoms with Gasteiger partial charge in [0.05, 0.1) is 0 Å². The van der Waals surface area contributed by atoms with Gasteiger partial charge in [0.15, 0.2) is 0 Å². The van der Waals surface area contributed by atoms with Gasteiger partial charge in [0.1, 0.15) is 6.10 Å². The molecule has 0 aromatic carbocycles. The van der Waals surface area contributed by atoms with Crippen molar-refractivity contribution in [2.75, 3.05) is 20.6 Å². The van der Waals surface area contributed by atoms with Gasteiger partial charge in [-0.1, -0.05) is 95.6 Å². The molecule has 0 bridgehead atoms. The number of aliphatic hydroxyl groups excluding tert-OH is 1. The second-order valence-corrected chi connectivity index (χ2v) is 8.93. The summed E-state index contributed by atoms with van der Waals surface area (Å²) in [4.78, 5) is 23.3. The van der Waals surface area contributed by atoms with Gasteiger partial charge in [0, 0.05) is 13.0 Å². The predicted molar refractivity (Wildman–Crippen MR) is 119 cm³/mol. The fourth-order valence-corrected chi connectivity index (χ4v) is 3.24. The van der Waals surface area contributed by atoms with Crippen LogP contribution in [0, 0.1) is 0 Å². The number of rotatable bonds is 18. The summed E-state index contributed by atoms with van der Waals surface area (Å²) in [6.45, 7) is 2.33. The minimum atomic E-state index is -2.13. The lowest BCUT2D eigenvalue weighted by Gasteiger charge is -2.27. The molecule has 0 aliphatic carbocycles. The lowest BCUT2D eigenvalue weighted by molar-refractivity contribution is -0.163. The van der Waals surface area contributed by atoms with Crippen LogP contribution in [0.15, 0.2) is 0 Å². The Hall–Kier alpha value is -0.690. The van der Waals surface area contributed by atoms with E-state index in [-0.39, 0.29) is 13.0 Å². The third kappa shape index (κ3) is 14.9. The highest BCUT2D eigenvalue weighted by Crippen LogP contribution is 2.17. The third-order valence-electron chi connectivity index (χ3n) is 5.03. The van der Waals surface area contributed by atoms with Crippen LogP contribution in [0.1, 0.15) is 96.8 Å². The van der Waals surface area contributed by atoms with Crippen molar-refractivity contribution in [2.24, 2.45) is 5.73 Å². The molecule has 0 aromatic heterocycles. The van der Waals surface area contributed by atoms with Crippen LogP contribution in [-0.4, -0.2) is 53.7 Å². The van der Waals surface area contributed by atoms with Crippen molar-refractivity contribution >= 4 is 23.5 Å². The van der Waals surface area contributed by atoms with Crippen molar-refractivity contribution in [1.82, 2.24) is 4.90 Å². The van der Waals surface area contributed by atoms with Crippen molar-refractivity contribution in [3.05, 3.63) is 0 Å². The van der Waals surface area contributed by atoms with Crippen LogP contribution in [-0.2, 0) is 14.3 Å². The molecule has 0 heterocycles. The van der Waals surface area contributed by atoms with E-state index in [1.807, 2.05) is 0 Å². The summed E-state index contributed by atoms with van der Waals surface area (Å²) in [5, 5.41) is 9.92. The van der Waals surface area contributed by atoms with Crippen LogP contribution in [0.3, 0.4) is 0 Å². The first-order chi connectivity index (χ1) is 13.7. The van der Waals surface area contributed by atoms with Crippen LogP contribution in [0.25, 0.3) is 0 Å². The maximum atomic E-state index is 12.0. The fourth-order valence-electron chi connectivity index (χ4n) is 3.13. The van der Waals surface area contributed by atoms with E-state index < -0.39 is 23.0 Å². The molecule has 0 fully saturated rings. The molecule has 0 saturated heterocycles. The first-order valence-corrected chi connectivity index (χ1v) is 11.6. The summed E-state index contributed by atoms with van der Waals surface area (Å²) < 4.78 is 4.71. The summed E-state index contributed by atoms with van der Waals surface area (Å²) >= 11 is 5.89. The number of hydrogen-bond acceptors (Lipinski definition) is 6. The molecule has 3 N–H and O–H groups in total. The smallest absolute Gasteiger partial charge is 0.352 e. The van der Waals surface area contributed by atoms with Crippen LogP contribution in [0.2, 0.25) is 0 Å². The summed E-state index contributed by atoms with van der Waals surface area (Å²) in [5.74, 6) is -1.75. The summed E-state index contributed by atoms with van der Waals surface area (Å²) in [6.07, 6.45) is 14.6. The number of nitrogens with two attached hydrogens (primary N) is 1. The molecular weight excluding hydrogens is 392 g/mol. The Kier molecular flexibility index (Phi) is 16.6. The lowest BCUT2D eigenvalue weighted by Crippen LogP contribution is -2.56. The van der Waals surface area contributed by atoms with Gasteiger partial charge in [-0.15, -0.1) is 0 Å². The number of aliphatic hydroxyl groups is 1. The Morgan fingerprint density at radius 3 is 1.76 bits per heavy atom. The number of unbranched alkanes of at least 4 members (excludes halogenated alkanes) is 12. The van der Waals surface area contributed by atoms with Crippen LogP contribution in [0.4, 0.5) is 0 Å². The van der Waals surface area contributed by atoms with Gasteiger partial charge in [-0.3, -0.25) is 4.79 Å². The zero-order chi connectivity index (χ0) is 22.1. The van der Waals surface area contributed by atoms with E-state index in [0.29, 0.717) is 6.42 Å². The molecule has 7 heteroatoms. The number of nitrogens with zero attached hydrogens (tertiary/aromatic N) is 1. The number of esters is 2. The highest BCUT2D eigenvalue weighted by molar-refractivity contribution is 6.34. The van der Waals surface area contributed by atoms with E-state index >= 15 is 0 Å². The molecule has 29 heavy (non-hydrogen) atoms. The SMILES string of the molecule is CCCCCCCCCCCCCCCC(=O)OC(=O)C(N)(Cl)C(O)CN(C)C. The van der Waals surface area contributed by atoms with Gasteiger partial charge >= 0.3 is 11.9 Å². The molecule has 0 amide bonds. The van der Waals surface area contributed by atoms with Gasteiger partial charge in [0.25, 0.3) is 0 Å². The van der Waals surface area contributed by atoms with Gasteiger partial charge < -0.3 is 20.5 Å². The minimum absolute atomic E-state index is 0.0855. The van der Waals surface area contributed by atoms with Crippen molar-refractivity contribution in [2.45, 2.75) is 108 Å². The molecule has 0 saturated carbocycles. The molecule has 0 radical (unpaired) electrons. The van der Waals surface area contributed by atoms with Crippen LogP contribution in [0.5, 0.6) is 0 Å². The Labute approximate surface area is 182 Å². The maximum absolute atomic E-state index is 12.0. The van der Waals surface area contributed by atoms with Crippen molar-refractivity contribution in [3.8, 4) is 0 Å². The first kappa shape index (κ1) is 28.3. The van der Waals surface area contributed by atoms with Crippen molar-refractivity contribution < 1.29 is 19.4 Å². The second kappa shape index (κ2) is 17.0. The molecule has 2 atom stereocenters. The first-order valence-electron chi connectivity index (χ1n) is 11.3. The molecular formula is C22H43ClN2O4. The number of halogens is 1. The fraction of sp³-hybridized carbons (Fsp3) is 0.909. The topological polar surface area (TPSA) is 92.9 Å². The number of likely N-dealkylation sites (N-methyl/N-ethyl adjacent to an activating group) is 1. The van der Waals surface area contributed by atoms with E-state index in [2.05, 4.69) is 6.92 Å². The summed E-state index contributed by atoms with van der Waals surface area (Å²) in [7, 11) is 3.42. The molecule has 0 aliphatic rings. The normalized spacial score (nSPS) is 14.6. The minimum Gasteiger partial charge on any atom is -0.391 e. The summed E-state index contributed by atoms with van der Waals surface area (Å²) in [6, 6.07) is 0. The lowest BCUT2D eigenvalue weighted by atomic mass is 10.0. The zero-order valence-corrected chi connectivity index (χ0v) is 19.5. The zero-order valence-electron chi connectivity index (χ0n) is 18.8. The Morgan fingerprint density at radius 2 is 1.34 bits per heavy atom. The standard InChI is InChI=1S/C22H43ClN2O4/c1-4-5-6-7-8-9-10-11-12-13-14-15-16-17-20(27)29-21(28)22(23,24)19(26)18-25(2)3/h19,26H,4-18,24H2,1-3H3. The monoisotopic (exact) mass is 434 g/mol. The van der Waals surface area contributed by atoms with E-state index in [1.54, 1.807) is 19.0 Å². The predicted octanol–water partition coefficient (Wildman–Crippen LogP) is 4.35. The van der Waals surface area contributed by atoms with E-state index in [1.165, 1.54) is 64.2 Å². The largest absolute Gasteiger partial charge is 0.391 e. The second-order valence-electron chi connectivity index (χ2n) is 8.30. The molecule has 0 spiro atoms. The van der Waals surface area contributed by atoms with Gasteiger partial charge in [-0.25, -0.2) is 4.79 Å². The van der Waals surface area contributed by atoms with Crippen molar-refractivity contribution in [1.29, 1.82) is 0 Å². The highest BCUT2D eigenvalue weighted by Gasteiger charge is 2.42. The Morgan fingerprint density at radius 1 is 0.931 bits per heavy atom. The molecule has 0 aliphatic heterocycles. The average molecular weight is 435 g/mol. The van der Waals surface area contributed by atoms with Crippen LogP contribution >= 0.6 is 11.6 Å². The molecule has 2 unspecified atom stereocenters. The quantitative estimate of drug-likeness (QED) is 0.109. The Balaban J connectivity index is 3.68. The van der Waals surface area contributed by atoms with Crippen LogP contribution < -0.4 is 5.73 Å². The van der Waals surface area contributed by atoms with E-state index in [0.717, 1.165) is 12.8 Å². The maximum Gasteiger partial charge on any atom is 0.352 e. The number of hydrogen-bond donors (Lipinski definition) is 2. The van der Waals surface area contributed by atoms with Gasteiger partial charge in [0.2, 0.25) is 5.00 Å². The molecule has 0 aromatic rings.